The number of carbonyl (C=O) groups is 3. The summed E-state index contributed by atoms with van der Waals surface area (Å²) < 4.78 is 5.32. The van der Waals surface area contributed by atoms with E-state index in [1.54, 1.807) is 37.3 Å². The normalized spacial score (nSPS) is 11.5. The van der Waals surface area contributed by atoms with Crippen LogP contribution in [0, 0.1) is 0 Å². The molecule has 1 aromatic heterocycles. The molecule has 0 radical (unpaired) electrons. The van der Waals surface area contributed by atoms with Gasteiger partial charge in [0.05, 0.1) is 17.0 Å². The Morgan fingerprint density at radius 2 is 1.92 bits per heavy atom. The van der Waals surface area contributed by atoms with Crippen LogP contribution in [-0.2, 0) is 16.1 Å². The number of esters is 1. The second-order valence-electron chi connectivity index (χ2n) is 6.03. The molecule has 26 heavy (non-hydrogen) atoms. The van der Waals surface area contributed by atoms with Crippen molar-refractivity contribution in [1.29, 1.82) is 0 Å². The molecule has 2 rings (SSSR count). The third-order valence-corrected chi connectivity index (χ3v) is 4.77. The summed E-state index contributed by atoms with van der Waals surface area (Å²) in [5.41, 5.74) is 1.27. The van der Waals surface area contributed by atoms with E-state index in [1.165, 1.54) is 18.3 Å². The second-order valence-corrected chi connectivity index (χ2v) is 7.20. The van der Waals surface area contributed by atoms with E-state index in [2.05, 4.69) is 5.32 Å². The molecule has 1 aromatic carbocycles. The van der Waals surface area contributed by atoms with Crippen molar-refractivity contribution in [1.82, 2.24) is 5.32 Å². The molecular formula is C19H22N2O4S. The van der Waals surface area contributed by atoms with Crippen molar-refractivity contribution in [2.24, 2.45) is 0 Å². The fraction of sp³-hybridized carbons (Fsp3) is 0.316. The van der Waals surface area contributed by atoms with E-state index in [9.17, 15) is 14.4 Å². The number of amides is 1. The van der Waals surface area contributed by atoms with E-state index in [0.29, 0.717) is 17.0 Å². The van der Waals surface area contributed by atoms with Crippen molar-refractivity contribution in [3.8, 4) is 0 Å². The highest BCUT2D eigenvalue weighted by molar-refractivity contribution is 7.14. The van der Waals surface area contributed by atoms with E-state index in [-0.39, 0.29) is 11.7 Å². The van der Waals surface area contributed by atoms with Gasteiger partial charge in [-0.05, 0) is 37.3 Å². The average Bonchev–Trinajstić information content (AvgIpc) is 3.08. The monoisotopic (exact) mass is 374 g/mol. The van der Waals surface area contributed by atoms with Gasteiger partial charge in [-0.2, -0.15) is 0 Å². The molecule has 138 valence electrons. The van der Waals surface area contributed by atoms with Gasteiger partial charge in [-0.1, -0.05) is 6.07 Å². The second kappa shape index (κ2) is 8.62. The fourth-order valence-corrected chi connectivity index (χ4v) is 3.18. The number of carbonyl (C=O) groups excluding carboxylic acids is 3. The van der Waals surface area contributed by atoms with Crippen LogP contribution in [0.15, 0.2) is 36.4 Å². The van der Waals surface area contributed by atoms with Crippen LogP contribution in [0.2, 0.25) is 0 Å². The molecule has 7 heteroatoms. The lowest BCUT2D eigenvalue weighted by atomic mass is 10.2. The van der Waals surface area contributed by atoms with E-state index in [4.69, 9.17) is 4.74 Å². The van der Waals surface area contributed by atoms with Gasteiger partial charge in [0.2, 0.25) is 11.7 Å². The van der Waals surface area contributed by atoms with Crippen molar-refractivity contribution >= 4 is 34.7 Å². The topological polar surface area (TPSA) is 75.7 Å². The van der Waals surface area contributed by atoms with Gasteiger partial charge in [0, 0.05) is 31.6 Å². The highest BCUT2D eigenvalue weighted by Gasteiger charge is 2.22. The van der Waals surface area contributed by atoms with Gasteiger partial charge in [-0.3, -0.25) is 9.59 Å². The first-order valence-electron chi connectivity index (χ1n) is 8.13. The number of ketones is 1. The molecule has 0 bridgehead atoms. The number of ether oxygens (including phenoxy) is 1. The minimum absolute atomic E-state index is 0.131. The van der Waals surface area contributed by atoms with Crippen molar-refractivity contribution in [2.75, 3.05) is 19.0 Å². The Labute approximate surface area is 156 Å². The van der Waals surface area contributed by atoms with Crippen LogP contribution in [0.5, 0.6) is 0 Å². The summed E-state index contributed by atoms with van der Waals surface area (Å²) in [6.07, 6.45) is -0.891. The predicted molar refractivity (Wildman–Crippen MR) is 102 cm³/mol. The van der Waals surface area contributed by atoms with Gasteiger partial charge >= 0.3 is 5.97 Å². The van der Waals surface area contributed by atoms with Crippen molar-refractivity contribution in [3.63, 3.8) is 0 Å². The number of rotatable bonds is 7. The third kappa shape index (κ3) is 5.16. The lowest BCUT2D eigenvalue weighted by Gasteiger charge is -2.15. The number of nitrogens with one attached hydrogen (secondary N) is 1. The molecule has 0 aliphatic carbocycles. The number of Topliss-reactive ketones (excluding diaryl/α,β-unsaturated/α-hetero) is 1. The van der Waals surface area contributed by atoms with Crippen molar-refractivity contribution in [3.05, 3.63) is 51.7 Å². The Morgan fingerprint density at radius 1 is 1.19 bits per heavy atom. The van der Waals surface area contributed by atoms with Crippen LogP contribution in [-0.4, -0.2) is 37.9 Å². The van der Waals surface area contributed by atoms with Gasteiger partial charge < -0.3 is 15.0 Å². The summed E-state index contributed by atoms with van der Waals surface area (Å²) >= 11 is 1.28. The first kappa shape index (κ1) is 19.7. The maximum Gasteiger partial charge on any atom is 0.338 e. The van der Waals surface area contributed by atoms with Crippen LogP contribution < -0.4 is 10.2 Å². The molecule has 6 nitrogen and oxygen atoms in total. The molecule has 0 saturated heterocycles. The summed E-state index contributed by atoms with van der Waals surface area (Å²) in [6.45, 7) is 3.37. The fourth-order valence-electron chi connectivity index (χ4n) is 2.21. The van der Waals surface area contributed by atoms with E-state index in [0.717, 1.165) is 10.6 Å². The summed E-state index contributed by atoms with van der Waals surface area (Å²) in [5.74, 6) is -0.931. The molecule has 0 aliphatic heterocycles. The van der Waals surface area contributed by atoms with E-state index < -0.39 is 12.1 Å². The number of anilines is 1. The SMILES string of the molecule is CC(=O)NCc1ccc(C(=O)C(C)OC(=O)c2cccc(N(C)C)c2)s1. The molecule has 0 fully saturated rings. The third-order valence-electron chi connectivity index (χ3n) is 3.67. The van der Waals surface area contributed by atoms with Crippen LogP contribution in [0.3, 0.4) is 0 Å². The Balaban J connectivity index is 2.01. The number of nitrogens with zero attached hydrogens (tertiary/aromatic N) is 1. The maximum absolute atomic E-state index is 12.5. The Hall–Kier alpha value is -2.67. The largest absolute Gasteiger partial charge is 0.451 e. The number of benzene rings is 1. The Bertz CT molecular complexity index is 813. The molecule has 1 amide bonds. The van der Waals surface area contributed by atoms with Gasteiger partial charge in [0.25, 0.3) is 0 Å². The average molecular weight is 374 g/mol. The summed E-state index contributed by atoms with van der Waals surface area (Å²) in [7, 11) is 3.76. The molecule has 0 aliphatic rings. The molecular weight excluding hydrogens is 352 g/mol. The van der Waals surface area contributed by atoms with Gasteiger partial charge in [0.1, 0.15) is 0 Å². The van der Waals surface area contributed by atoms with Gasteiger partial charge in [0.15, 0.2) is 6.10 Å². The number of thiophene rings is 1. The predicted octanol–water partition coefficient (Wildman–Crippen LogP) is 2.88. The lowest BCUT2D eigenvalue weighted by Crippen LogP contribution is -2.24. The zero-order valence-corrected chi connectivity index (χ0v) is 16.1. The van der Waals surface area contributed by atoms with Gasteiger partial charge in [-0.25, -0.2) is 4.79 Å². The standard InChI is InChI=1S/C19H22N2O4S/c1-12(18(23)17-9-8-16(26-17)11-20-13(2)22)25-19(24)14-6-5-7-15(10-14)21(3)4/h5-10,12H,11H2,1-4H3,(H,20,22). The van der Waals surface area contributed by atoms with E-state index in [1.807, 2.05) is 25.1 Å². The molecule has 1 heterocycles. The number of hydrogen-bond donors (Lipinski definition) is 1. The van der Waals surface area contributed by atoms with Crippen molar-refractivity contribution < 1.29 is 19.1 Å². The highest BCUT2D eigenvalue weighted by Crippen LogP contribution is 2.20. The maximum atomic E-state index is 12.5. The highest BCUT2D eigenvalue weighted by atomic mass is 32.1. The first-order chi connectivity index (χ1) is 12.3. The Kier molecular flexibility index (Phi) is 6.52. The zero-order chi connectivity index (χ0) is 19.3. The smallest absolute Gasteiger partial charge is 0.338 e. The minimum atomic E-state index is -0.891. The Morgan fingerprint density at radius 3 is 2.58 bits per heavy atom. The van der Waals surface area contributed by atoms with Crippen LogP contribution >= 0.6 is 11.3 Å². The minimum Gasteiger partial charge on any atom is -0.451 e. The molecule has 0 spiro atoms. The lowest BCUT2D eigenvalue weighted by molar-refractivity contribution is -0.119. The molecule has 2 aromatic rings. The van der Waals surface area contributed by atoms with E-state index >= 15 is 0 Å². The quantitative estimate of drug-likeness (QED) is 0.596. The molecule has 0 saturated carbocycles. The van der Waals surface area contributed by atoms with Crippen LogP contribution in [0.25, 0.3) is 0 Å². The summed E-state index contributed by atoms with van der Waals surface area (Å²) in [5, 5.41) is 2.68. The van der Waals surface area contributed by atoms with Gasteiger partial charge in [-0.15, -0.1) is 11.3 Å². The zero-order valence-electron chi connectivity index (χ0n) is 15.2. The van der Waals surface area contributed by atoms with Crippen LogP contribution in [0.4, 0.5) is 5.69 Å². The molecule has 1 atom stereocenters. The first-order valence-corrected chi connectivity index (χ1v) is 8.95. The molecule has 1 N–H and O–H groups in total. The molecule has 1 unspecified atom stereocenters. The summed E-state index contributed by atoms with van der Waals surface area (Å²) in [6, 6.07) is 10.5. The van der Waals surface area contributed by atoms with Crippen LogP contribution in [0.1, 0.15) is 38.8 Å². The summed E-state index contributed by atoms with van der Waals surface area (Å²) in [4.78, 5) is 39.0. The van der Waals surface area contributed by atoms with Crippen molar-refractivity contribution in [2.45, 2.75) is 26.5 Å². The number of hydrogen-bond acceptors (Lipinski definition) is 6.